The topological polar surface area (TPSA) is 71.0 Å². The smallest absolute Gasteiger partial charge is 0.261 e. The predicted octanol–water partition coefficient (Wildman–Crippen LogP) is 4.35. The Morgan fingerprint density at radius 1 is 1.16 bits per heavy atom. The van der Waals surface area contributed by atoms with Crippen molar-refractivity contribution in [3.8, 4) is 0 Å². The van der Waals surface area contributed by atoms with Gasteiger partial charge in [-0.1, -0.05) is 40.2 Å². The van der Waals surface area contributed by atoms with Gasteiger partial charge in [0.2, 0.25) is 5.91 Å². The van der Waals surface area contributed by atoms with Gasteiger partial charge in [0.15, 0.2) is 0 Å². The van der Waals surface area contributed by atoms with E-state index < -0.39 is 0 Å². The number of nitrogens with one attached hydrogen (secondary N) is 1. The molecule has 4 aromatic rings. The Kier molecular flexibility index (Phi) is 5.19. The molecule has 0 atom stereocenters. The lowest BCUT2D eigenvalue weighted by Crippen LogP contribution is -2.35. The number of benzene rings is 2. The van der Waals surface area contributed by atoms with E-state index in [9.17, 15) is 9.59 Å². The fraction of sp³-hybridized carbons (Fsp3) is 0.208. The van der Waals surface area contributed by atoms with Gasteiger partial charge in [0, 0.05) is 53.2 Å². The van der Waals surface area contributed by atoms with E-state index in [-0.39, 0.29) is 17.9 Å². The predicted molar refractivity (Wildman–Crippen MR) is 126 cm³/mol. The fourth-order valence-electron chi connectivity index (χ4n) is 4.14. The summed E-state index contributed by atoms with van der Waals surface area (Å²) in [6.07, 6.45) is 6.80. The SMILES string of the molecule is O=C(CCn1cnc2ccc(Br)cc2c1=O)N1CC=C(c2c[nH]c3ccccc23)CC1. The monoisotopic (exact) mass is 476 g/mol. The Hall–Kier alpha value is -3.19. The van der Waals surface area contributed by atoms with Crippen LogP contribution in [0.25, 0.3) is 27.4 Å². The van der Waals surface area contributed by atoms with E-state index in [1.54, 1.807) is 6.07 Å². The summed E-state index contributed by atoms with van der Waals surface area (Å²) in [6.45, 7) is 1.59. The van der Waals surface area contributed by atoms with Crippen LogP contribution in [0.15, 0.2) is 70.3 Å². The second kappa shape index (κ2) is 8.15. The highest BCUT2D eigenvalue weighted by atomic mass is 79.9. The summed E-state index contributed by atoms with van der Waals surface area (Å²) in [5, 5.41) is 1.76. The van der Waals surface area contributed by atoms with E-state index in [0.29, 0.717) is 30.5 Å². The molecule has 156 valence electrons. The molecular formula is C24H21BrN4O2. The van der Waals surface area contributed by atoms with Gasteiger partial charge in [-0.3, -0.25) is 14.2 Å². The zero-order valence-corrected chi connectivity index (χ0v) is 18.4. The molecule has 1 N–H and O–H groups in total. The summed E-state index contributed by atoms with van der Waals surface area (Å²) in [5.41, 5.74) is 4.13. The molecule has 31 heavy (non-hydrogen) atoms. The maximum Gasteiger partial charge on any atom is 0.261 e. The van der Waals surface area contributed by atoms with Crippen LogP contribution in [-0.4, -0.2) is 38.4 Å². The molecule has 2 aromatic heterocycles. The number of para-hydroxylation sites is 1. The molecular weight excluding hydrogens is 456 g/mol. The first-order valence-electron chi connectivity index (χ1n) is 10.3. The van der Waals surface area contributed by atoms with Crippen LogP contribution in [-0.2, 0) is 11.3 Å². The number of nitrogens with zero attached hydrogens (tertiary/aromatic N) is 3. The van der Waals surface area contributed by atoms with Crippen molar-refractivity contribution in [3.63, 3.8) is 0 Å². The summed E-state index contributed by atoms with van der Waals surface area (Å²) >= 11 is 3.39. The Bertz CT molecular complexity index is 1390. The standard InChI is InChI=1S/C24H21BrN4O2/c25-17-5-6-22-19(13-17)24(31)29(15-27-22)12-9-23(30)28-10-7-16(8-11-28)20-14-26-21-4-2-1-3-18(20)21/h1-7,13-15,26H,8-12H2. The fourth-order valence-corrected chi connectivity index (χ4v) is 4.50. The summed E-state index contributed by atoms with van der Waals surface area (Å²) in [7, 11) is 0. The van der Waals surface area contributed by atoms with E-state index in [1.807, 2.05) is 35.4 Å². The minimum absolute atomic E-state index is 0.0514. The number of carbonyl (C=O) groups is 1. The summed E-state index contributed by atoms with van der Waals surface area (Å²) in [4.78, 5) is 35.0. The van der Waals surface area contributed by atoms with Crippen LogP contribution in [0.2, 0.25) is 0 Å². The van der Waals surface area contributed by atoms with Crippen LogP contribution in [0, 0.1) is 0 Å². The highest BCUT2D eigenvalue weighted by Gasteiger charge is 2.19. The molecule has 7 heteroatoms. The van der Waals surface area contributed by atoms with Crippen LogP contribution in [0.5, 0.6) is 0 Å². The third kappa shape index (κ3) is 3.81. The van der Waals surface area contributed by atoms with Crippen molar-refractivity contribution in [3.05, 3.63) is 81.5 Å². The molecule has 1 amide bonds. The Morgan fingerprint density at radius 3 is 2.87 bits per heavy atom. The molecule has 0 unspecified atom stereocenters. The average molecular weight is 477 g/mol. The summed E-state index contributed by atoms with van der Waals surface area (Å²) < 4.78 is 2.35. The van der Waals surface area contributed by atoms with Gasteiger partial charge in [0.1, 0.15) is 0 Å². The van der Waals surface area contributed by atoms with Crippen molar-refractivity contribution in [1.82, 2.24) is 19.4 Å². The zero-order chi connectivity index (χ0) is 21.4. The number of amides is 1. The molecule has 6 nitrogen and oxygen atoms in total. The third-order valence-electron chi connectivity index (χ3n) is 5.85. The number of fused-ring (bicyclic) bond motifs is 2. The molecule has 2 aromatic carbocycles. The Morgan fingerprint density at radius 2 is 2.03 bits per heavy atom. The van der Waals surface area contributed by atoms with Crippen LogP contribution >= 0.6 is 15.9 Å². The summed E-state index contributed by atoms with van der Waals surface area (Å²) in [6, 6.07) is 13.7. The first kappa shape index (κ1) is 19.8. The zero-order valence-electron chi connectivity index (χ0n) is 16.8. The van der Waals surface area contributed by atoms with Gasteiger partial charge in [0.05, 0.1) is 17.2 Å². The number of hydrogen-bond donors (Lipinski definition) is 1. The molecule has 0 saturated heterocycles. The van der Waals surface area contributed by atoms with Crippen LogP contribution in [0.1, 0.15) is 18.4 Å². The van der Waals surface area contributed by atoms with Crippen LogP contribution < -0.4 is 5.56 Å². The number of rotatable bonds is 4. The van der Waals surface area contributed by atoms with Crippen LogP contribution in [0.4, 0.5) is 0 Å². The van der Waals surface area contributed by atoms with Crippen molar-refractivity contribution < 1.29 is 4.79 Å². The van der Waals surface area contributed by atoms with Crippen molar-refractivity contribution in [2.45, 2.75) is 19.4 Å². The molecule has 0 fully saturated rings. The number of aromatic nitrogens is 3. The maximum absolute atomic E-state index is 12.8. The maximum atomic E-state index is 12.8. The number of hydrogen-bond acceptors (Lipinski definition) is 3. The van der Waals surface area contributed by atoms with Gasteiger partial charge in [0.25, 0.3) is 5.56 Å². The number of H-pyrrole nitrogens is 1. The van der Waals surface area contributed by atoms with Gasteiger partial charge < -0.3 is 9.88 Å². The molecule has 0 bridgehead atoms. The molecule has 1 aliphatic rings. The highest BCUT2D eigenvalue weighted by Crippen LogP contribution is 2.29. The number of aromatic amines is 1. The van der Waals surface area contributed by atoms with E-state index in [0.717, 1.165) is 16.4 Å². The number of halogens is 1. The lowest BCUT2D eigenvalue weighted by Gasteiger charge is -2.26. The van der Waals surface area contributed by atoms with Gasteiger partial charge in [-0.05, 0) is 36.3 Å². The first-order valence-corrected chi connectivity index (χ1v) is 11.1. The quantitative estimate of drug-likeness (QED) is 0.475. The molecule has 0 saturated carbocycles. The van der Waals surface area contributed by atoms with Gasteiger partial charge >= 0.3 is 0 Å². The van der Waals surface area contributed by atoms with Gasteiger partial charge in [-0.15, -0.1) is 0 Å². The lowest BCUT2D eigenvalue weighted by atomic mass is 9.99. The Balaban J connectivity index is 1.27. The van der Waals surface area contributed by atoms with E-state index in [1.165, 1.54) is 27.4 Å². The van der Waals surface area contributed by atoms with Crippen molar-refractivity contribution in [2.24, 2.45) is 0 Å². The largest absolute Gasteiger partial charge is 0.361 e. The van der Waals surface area contributed by atoms with E-state index >= 15 is 0 Å². The molecule has 5 rings (SSSR count). The normalized spacial score (nSPS) is 14.2. The molecule has 0 spiro atoms. The molecule has 3 heterocycles. The van der Waals surface area contributed by atoms with Crippen molar-refractivity contribution in [1.29, 1.82) is 0 Å². The van der Waals surface area contributed by atoms with Gasteiger partial charge in [-0.2, -0.15) is 0 Å². The summed E-state index contributed by atoms with van der Waals surface area (Å²) in [5.74, 6) is 0.0514. The second-order valence-electron chi connectivity index (χ2n) is 7.72. The molecule has 0 aliphatic carbocycles. The average Bonchev–Trinajstić information content (AvgIpc) is 3.23. The van der Waals surface area contributed by atoms with Crippen molar-refractivity contribution in [2.75, 3.05) is 13.1 Å². The first-order chi connectivity index (χ1) is 15.1. The van der Waals surface area contributed by atoms with Crippen LogP contribution in [0.3, 0.4) is 0 Å². The third-order valence-corrected chi connectivity index (χ3v) is 6.34. The van der Waals surface area contributed by atoms with E-state index in [2.05, 4.69) is 44.1 Å². The van der Waals surface area contributed by atoms with Crippen molar-refractivity contribution >= 4 is 49.2 Å². The molecule has 0 radical (unpaired) electrons. The second-order valence-corrected chi connectivity index (χ2v) is 8.64. The lowest BCUT2D eigenvalue weighted by molar-refractivity contribution is -0.131. The minimum atomic E-state index is -0.126. The highest BCUT2D eigenvalue weighted by molar-refractivity contribution is 9.10. The van der Waals surface area contributed by atoms with Gasteiger partial charge in [-0.25, -0.2) is 4.98 Å². The number of carbonyl (C=O) groups excluding carboxylic acids is 1. The van der Waals surface area contributed by atoms with E-state index in [4.69, 9.17) is 0 Å². The minimum Gasteiger partial charge on any atom is -0.361 e. The number of aryl methyl sites for hydroxylation is 1. The molecule has 1 aliphatic heterocycles. The Labute approximate surface area is 187 Å².